The first-order valence-electron chi connectivity index (χ1n) is 6.25. The first-order chi connectivity index (χ1) is 7.72. The Morgan fingerprint density at radius 3 is 2.88 bits per heavy atom. The number of nitrogens with one attached hydrogen (secondary N) is 2. The lowest BCUT2D eigenvalue weighted by Crippen LogP contribution is -2.42. The second kappa shape index (κ2) is 7.85. The van der Waals surface area contributed by atoms with E-state index in [0.717, 1.165) is 17.6 Å². The van der Waals surface area contributed by atoms with Gasteiger partial charge in [0.25, 0.3) is 0 Å². The molecule has 16 heavy (non-hydrogen) atoms. The van der Waals surface area contributed by atoms with E-state index in [0.29, 0.717) is 12.6 Å². The monoisotopic (exact) mass is 244 g/mol. The van der Waals surface area contributed by atoms with E-state index < -0.39 is 0 Å². The van der Waals surface area contributed by atoms with Crippen molar-refractivity contribution in [2.75, 3.05) is 20.3 Å². The zero-order chi connectivity index (χ0) is 11.8. The molecule has 0 spiro atoms. The molecule has 94 valence electrons. The molecule has 0 aromatic rings. The van der Waals surface area contributed by atoms with Gasteiger partial charge in [-0.05, 0) is 37.4 Å². The number of hydrogen-bond acceptors (Lipinski definition) is 2. The van der Waals surface area contributed by atoms with Crippen LogP contribution in [0, 0.1) is 5.92 Å². The van der Waals surface area contributed by atoms with E-state index in [1.54, 1.807) is 7.11 Å². The van der Waals surface area contributed by atoms with Crippen LogP contribution in [0.25, 0.3) is 0 Å². The molecule has 1 aliphatic rings. The third-order valence-corrected chi connectivity index (χ3v) is 3.45. The summed E-state index contributed by atoms with van der Waals surface area (Å²) in [5.41, 5.74) is 0. The van der Waals surface area contributed by atoms with Gasteiger partial charge in [-0.3, -0.25) is 0 Å². The molecule has 1 fully saturated rings. The summed E-state index contributed by atoms with van der Waals surface area (Å²) in [6.45, 7) is 3.83. The van der Waals surface area contributed by atoms with Crippen molar-refractivity contribution in [3.8, 4) is 0 Å². The summed E-state index contributed by atoms with van der Waals surface area (Å²) in [6.07, 6.45) is 6.49. The molecule has 0 saturated heterocycles. The highest BCUT2D eigenvalue weighted by Gasteiger charge is 2.16. The predicted octanol–water partition coefficient (Wildman–Crippen LogP) is 2.07. The van der Waals surface area contributed by atoms with Crippen molar-refractivity contribution in [3.05, 3.63) is 0 Å². The summed E-state index contributed by atoms with van der Waals surface area (Å²) in [5.74, 6) is 0.877. The van der Waals surface area contributed by atoms with E-state index in [4.69, 9.17) is 17.0 Å². The maximum atomic E-state index is 5.24. The van der Waals surface area contributed by atoms with Crippen LogP contribution in [-0.4, -0.2) is 31.4 Å². The maximum absolute atomic E-state index is 5.24. The smallest absolute Gasteiger partial charge is 0.166 e. The molecule has 4 heteroatoms. The lowest BCUT2D eigenvalue weighted by Gasteiger charge is -2.19. The average molecular weight is 244 g/mol. The zero-order valence-corrected chi connectivity index (χ0v) is 11.2. The quantitative estimate of drug-likeness (QED) is 0.450. The van der Waals surface area contributed by atoms with Crippen molar-refractivity contribution >= 4 is 17.3 Å². The Balaban J connectivity index is 2.17. The van der Waals surface area contributed by atoms with E-state index in [9.17, 15) is 0 Å². The summed E-state index contributed by atoms with van der Waals surface area (Å²) in [4.78, 5) is 0. The second-order valence-electron chi connectivity index (χ2n) is 4.70. The summed E-state index contributed by atoms with van der Waals surface area (Å²) in [7, 11) is 1.70. The van der Waals surface area contributed by atoms with Gasteiger partial charge >= 0.3 is 0 Å². The predicted molar refractivity (Wildman–Crippen MR) is 71.6 cm³/mol. The largest absolute Gasteiger partial charge is 0.383 e. The van der Waals surface area contributed by atoms with E-state index in [-0.39, 0.29) is 0 Å². The standard InChI is InChI=1S/C12H24N2OS/c1-10-4-3-5-11(7-6-10)14-12(16)13-8-9-15-2/h10-11H,3-9H2,1-2H3,(H2,13,14,16). The first kappa shape index (κ1) is 13.7. The van der Waals surface area contributed by atoms with Gasteiger partial charge in [-0.2, -0.15) is 0 Å². The Bertz CT molecular complexity index is 211. The van der Waals surface area contributed by atoms with Gasteiger partial charge in [0.1, 0.15) is 0 Å². The van der Waals surface area contributed by atoms with Crippen molar-refractivity contribution in [1.82, 2.24) is 10.6 Å². The normalized spacial score (nSPS) is 25.9. The third-order valence-electron chi connectivity index (χ3n) is 3.18. The SMILES string of the molecule is COCCNC(=S)NC1CCCC(C)CC1. The molecule has 0 aromatic carbocycles. The summed E-state index contributed by atoms with van der Waals surface area (Å²) < 4.78 is 4.97. The molecule has 2 atom stereocenters. The Morgan fingerprint density at radius 1 is 1.31 bits per heavy atom. The molecular formula is C12H24N2OS. The minimum Gasteiger partial charge on any atom is -0.383 e. The van der Waals surface area contributed by atoms with Gasteiger partial charge in [-0.25, -0.2) is 0 Å². The topological polar surface area (TPSA) is 33.3 Å². The minimum absolute atomic E-state index is 0.562. The number of hydrogen-bond donors (Lipinski definition) is 2. The molecule has 1 saturated carbocycles. The molecule has 2 unspecified atom stereocenters. The molecule has 0 aliphatic heterocycles. The van der Waals surface area contributed by atoms with E-state index in [1.807, 2.05) is 0 Å². The van der Waals surface area contributed by atoms with Gasteiger partial charge < -0.3 is 15.4 Å². The van der Waals surface area contributed by atoms with E-state index >= 15 is 0 Å². The van der Waals surface area contributed by atoms with Crippen molar-refractivity contribution in [2.24, 2.45) is 5.92 Å². The van der Waals surface area contributed by atoms with Crippen molar-refractivity contribution in [1.29, 1.82) is 0 Å². The van der Waals surface area contributed by atoms with Crippen LogP contribution in [0.3, 0.4) is 0 Å². The van der Waals surface area contributed by atoms with Crippen LogP contribution in [0.2, 0.25) is 0 Å². The Morgan fingerprint density at radius 2 is 2.12 bits per heavy atom. The van der Waals surface area contributed by atoms with Gasteiger partial charge in [-0.1, -0.05) is 19.8 Å². The molecular weight excluding hydrogens is 220 g/mol. The summed E-state index contributed by atoms with van der Waals surface area (Å²) >= 11 is 5.24. The van der Waals surface area contributed by atoms with Crippen molar-refractivity contribution in [2.45, 2.75) is 45.1 Å². The van der Waals surface area contributed by atoms with E-state index in [1.165, 1.54) is 32.1 Å². The molecule has 0 bridgehead atoms. The highest BCUT2D eigenvalue weighted by Crippen LogP contribution is 2.22. The molecule has 0 radical (unpaired) electrons. The van der Waals surface area contributed by atoms with Crippen LogP contribution in [0.15, 0.2) is 0 Å². The van der Waals surface area contributed by atoms with Crippen LogP contribution in [0.1, 0.15) is 39.0 Å². The lowest BCUT2D eigenvalue weighted by atomic mass is 10.0. The number of ether oxygens (including phenoxy) is 1. The molecule has 0 aromatic heterocycles. The molecule has 1 aliphatic carbocycles. The molecule has 2 N–H and O–H groups in total. The fraction of sp³-hybridized carbons (Fsp3) is 0.917. The highest BCUT2D eigenvalue weighted by molar-refractivity contribution is 7.80. The number of rotatable bonds is 4. The summed E-state index contributed by atoms with van der Waals surface area (Å²) in [5, 5.41) is 7.34. The fourth-order valence-corrected chi connectivity index (χ4v) is 2.40. The molecule has 0 heterocycles. The van der Waals surface area contributed by atoms with Crippen molar-refractivity contribution in [3.63, 3.8) is 0 Å². The Kier molecular flexibility index (Phi) is 6.73. The highest BCUT2D eigenvalue weighted by atomic mass is 32.1. The van der Waals surface area contributed by atoms with Crippen LogP contribution in [0.5, 0.6) is 0 Å². The maximum Gasteiger partial charge on any atom is 0.166 e. The van der Waals surface area contributed by atoms with Crippen molar-refractivity contribution < 1.29 is 4.74 Å². The first-order valence-corrected chi connectivity index (χ1v) is 6.66. The van der Waals surface area contributed by atoms with Crippen LogP contribution in [-0.2, 0) is 4.74 Å². The number of thiocarbonyl (C=S) groups is 1. The average Bonchev–Trinajstić information content (AvgIpc) is 2.44. The van der Waals surface area contributed by atoms with Crippen LogP contribution < -0.4 is 10.6 Å². The van der Waals surface area contributed by atoms with Gasteiger partial charge in [0.05, 0.1) is 6.61 Å². The third kappa shape index (κ3) is 5.66. The van der Waals surface area contributed by atoms with Crippen LogP contribution in [0.4, 0.5) is 0 Å². The Hall–Kier alpha value is -0.350. The Labute approximate surface area is 104 Å². The number of methoxy groups -OCH3 is 1. The van der Waals surface area contributed by atoms with Gasteiger partial charge in [-0.15, -0.1) is 0 Å². The van der Waals surface area contributed by atoms with Crippen LogP contribution >= 0.6 is 12.2 Å². The lowest BCUT2D eigenvalue weighted by molar-refractivity contribution is 0.203. The second-order valence-corrected chi connectivity index (χ2v) is 5.11. The molecule has 3 nitrogen and oxygen atoms in total. The van der Waals surface area contributed by atoms with Gasteiger partial charge in [0.2, 0.25) is 0 Å². The van der Waals surface area contributed by atoms with E-state index in [2.05, 4.69) is 17.6 Å². The van der Waals surface area contributed by atoms with Gasteiger partial charge in [0, 0.05) is 19.7 Å². The summed E-state index contributed by atoms with van der Waals surface area (Å²) in [6, 6.07) is 0.562. The fourth-order valence-electron chi connectivity index (χ4n) is 2.13. The minimum atomic E-state index is 0.562. The zero-order valence-electron chi connectivity index (χ0n) is 10.4. The van der Waals surface area contributed by atoms with Gasteiger partial charge in [0.15, 0.2) is 5.11 Å². The molecule has 0 amide bonds. The molecule has 1 rings (SSSR count).